The van der Waals surface area contributed by atoms with E-state index in [1.165, 1.54) is 13.2 Å². The molecular formula is C21H22N6O3S. The quantitative estimate of drug-likeness (QED) is 0.487. The first-order valence-electron chi connectivity index (χ1n) is 9.38. The van der Waals surface area contributed by atoms with E-state index in [0.29, 0.717) is 22.7 Å². The molecule has 4 aromatic rings. The van der Waals surface area contributed by atoms with Crippen LogP contribution in [0.15, 0.2) is 47.5 Å². The Balaban J connectivity index is 1.90. The van der Waals surface area contributed by atoms with Gasteiger partial charge in [-0.2, -0.15) is 10.1 Å². The van der Waals surface area contributed by atoms with Crippen molar-refractivity contribution in [3.8, 4) is 16.9 Å². The molecule has 2 heterocycles. The fourth-order valence-corrected chi connectivity index (χ4v) is 4.07. The zero-order valence-electron chi connectivity index (χ0n) is 17.5. The van der Waals surface area contributed by atoms with Gasteiger partial charge in [0.1, 0.15) is 11.6 Å². The SMILES string of the molecule is COc1ccc(S(C)(=O)=O)cc1-c1cnc(N)nc1N(C)c1ccc2c(C)[nH]nc2c1. The van der Waals surface area contributed by atoms with E-state index >= 15 is 0 Å². The van der Waals surface area contributed by atoms with E-state index in [9.17, 15) is 8.42 Å². The highest BCUT2D eigenvalue weighted by molar-refractivity contribution is 7.90. The Morgan fingerprint density at radius 2 is 1.90 bits per heavy atom. The minimum atomic E-state index is -3.42. The van der Waals surface area contributed by atoms with Crippen molar-refractivity contribution in [3.05, 3.63) is 48.3 Å². The van der Waals surface area contributed by atoms with Gasteiger partial charge in [0.2, 0.25) is 5.95 Å². The van der Waals surface area contributed by atoms with Crippen LogP contribution < -0.4 is 15.4 Å². The number of nitrogens with zero attached hydrogens (tertiary/aromatic N) is 4. The summed E-state index contributed by atoms with van der Waals surface area (Å²) in [7, 11) is -0.0519. The second-order valence-corrected chi connectivity index (χ2v) is 9.22. The molecule has 0 saturated carbocycles. The molecule has 0 atom stereocenters. The number of H-pyrrole nitrogens is 1. The smallest absolute Gasteiger partial charge is 0.221 e. The molecule has 2 aromatic heterocycles. The van der Waals surface area contributed by atoms with Crippen molar-refractivity contribution in [1.29, 1.82) is 0 Å². The van der Waals surface area contributed by atoms with Gasteiger partial charge in [0.25, 0.3) is 0 Å². The molecule has 3 N–H and O–H groups in total. The number of nitrogens with one attached hydrogen (secondary N) is 1. The maximum Gasteiger partial charge on any atom is 0.221 e. The first kappa shape index (κ1) is 20.6. The Morgan fingerprint density at radius 3 is 2.61 bits per heavy atom. The lowest BCUT2D eigenvalue weighted by molar-refractivity contribution is 0.416. The molecule has 0 bridgehead atoms. The summed E-state index contributed by atoms with van der Waals surface area (Å²) in [5.41, 5.74) is 9.65. The van der Waals surface area contributed by atoms with Crippen LogP contribution in [0.5, 0.6) is 5.75 Å². The number of hydrogen-bond acceptors (Lipinski definition) is 8. The summed E-state index contributed by atoms with van der Waals surface area (Å²) >= 11 is 0. The number of nitrogen functional groups attached to an aromatic ring is 1. The molecule has 0 amide bonds. The normalized spacial score (nSPS) is 11.6. The van der Waals surface area contributed by atoms with E-state index in [1.54, 1.807) is 18.3 Å². The number of aryl methyl sites for hydroxylation is 1. The van der Waals surface area contributed by atoms with Gasteiger partial charge in [-0.25, -0.2) is 13.4 Å². The fraction of sp³-hybridized carbons (Fsp3) is 0.190. The topological polar surface area (TPSA) is 127 Å². The summed E-state index contributed by atoms with van der Waals surface area (Å²) in [6, 6.07) is 10.6. The van der Waals surface area contributed by atoms with Gasteiger partial charge < -0.3 is 15.4 Å². The molecule has 0 aliphatic heterocycles. The highest BCUT2D eigenvalue weighted by Gasteiger charge is 2.20. The van der Waals surface area contributed by atoms with Gasteiger partial charge in [-0.05, 0) is 43.3 Å². The Bertz CT molecular complexity index is 1400. The van der Waals surface area contributed by atoms with Gasteiger partial charge in [0.15, 0.2) is 9.84 Å². The number of fused-ring (bicyclic) bond motifs is 1. The minimum Gasteiger partial charge on any atom is -0.496 e. The van der Waals surface area contributed by atoms with Crippen molar-refractivity contribution in [2.45, 2.75) is 11.8 Å². The zero-order valence-corrected chi connectivity index (χ0v) is 18.4. The van der Waals surface area contributed by atoms with E-state index in [1.807, 2.05) is 37.1 Å². The summed E-state index contributed by atoms with van der Waals surface area (Å²) < 4.78 is 29.7. The van der Waals surface area contributed by atoms with Crippen LogP contribution in [0, 0.1) is 6.92 Å². The number of methoxy groups -OCH3 is 1. The van der Waals surface area contributed by atoms with Gasteiger partial charge in [-0.1, -0.05) is 0 Å². The van der Waals surface area contributed by atoms with Crippen molar-refractivity contribution >= 4 is 38.2 Å². The third kappa shape index (κ3) is 3.77. The van der Waals surface area contributed by atoms with Gasteiger partial charge in [-0.3, -0.25) is 5.10 Å². The number of sulfone groups is 1. The summed E-state index contributed by atoms with van der Waals surface area (Å²) in [6.07, 6.45) is 2.72. The molecule has 0 aliphatic rings. The van der Waals surface area contributed by atoms with Crippen LogP contribution in [0.25, 0.3) is 22.0 Å². The Morgan fingerprint density at radius 1 is 1.13 bits per heavy atom. The Labute approximate surface area is 179 Å². The molecule has 160 valence electrons. The molecule has 2 aromatic carbocycles. The third-order valence-electron chi connectivity index (χ3n) is 5.11. The molecule has 0 aliphatic carbocycles. The molecule has 31 heavy (non-hydrogen) atoms. The molecule has 0 fully saturated rings. The van der Waals surface area contributed by atoms with Gasteiger partial charge in [0, 0.05) is 47.4 Å². The number of nitrogens with two attached hydrogens (primary N) is 1. The van der Waals surface area contributed by atoms with Crippen molar-refractivity contribution in [2.75, 3.05) is 31.0 Å². The molecule has 0 saturated heterocycles. The second-order valence-electron chi connectivity index (χ2n) is 7.21. The standard InChI is InChI=1S/C21H22N6O3S/c1-12-15-7-5-13(9-18(15)26-25-12)27(2)20-17(11-23-21(22)24-20)16-10-14(31(4,28)29)6-8-19(16)30-3/h5-11H,1-4H3,(H,25,26)(H2,22,23,24). The van der Waals surface area contributed by atoms with Gasteiger partial charge in [0.05, 0.1) is 17.5 Å². The van der Waals surface area contributed by atoms with E-state index in [0.717, 1.165) is 28.5 Å². The van der Waals surface area contributed by atoms with E-state index in [4.69, 9.17) is 10.5 Å². The maximum absolute atomic E-state index is 12.1. The summed E-state index contributed by atoms with van der Waals surface area (Å²) in [6.45, 7) is 1.96. The van der Waals surface area contributed by atoms with E-state index in [-0.39, 0.29) is 10.8 Å². The molecule has 4 rings (SSSR count). The number of aromatic nitrogens is 4. The largest absolute Gasteiger partial charge is 0.496 e. The first-order valence-corrected chi connectivity index (χ1v) is 11.3. The van der Waals surface area contributed by atoms with Crippen molar-refractivity contribution in [3.63, 3.8) is 0 Å². The average molecular weight is 439 g/mol. The first-order chi connectivity index (χ1) is 14.7. The summed E-state index contributed by atoms with van der Waals surface area (Å²) in [5, 5.41) is 8.33. The average Bonchev–Trinajstić information content (AvgIpc) is 3.12. The lowest BCUT2D eigenvalue weighted by Gasteiger charge is -2.22. The molecule has 10 heteroatoms. The van der Waals surface area contributed by atoms with Crippen molar-refractivity contribution in [2.24, 2.45) is 0 Å². The van der Waals surface area contributed by atoms with Crippen molar-refractivity contribution in [1.82, 2.24) is 20.2 Å². The predicted molar refractivity (Wildman–Crippen MR) is 120 cm³/mol. The van der Waals surface area contributed by atoms with E-state index in [2.05, 4.69) is 20.2 Å². The van der Waals surface area contributed by atoms with Crippen LogP contribution in [0.4, 0.5) is 17.5 Å². The highest BCUT2D eigenvalue weighted by Crippen LogP contribution is 2.39. The molecule has 0 spiro atoms. The van der Waals surface area contributed by atoms with Crippen LogP contribution in [-0.2, 0) is 9.84 Å². The third-order valence-corrected chi connectivity index (χ3v) is 6.22. The molecule has 9 nitrogen and oxygen atoms in total. The van der Waals surface area contributed by atoms with Crippen LogP contribution in [0.3, 0.4) is 0 Å². The fourth-order valence-electron chi connectivity index (χ4n) is 3.42. The van der Waals surface area contributed by atoms with E-state index < -0.39 is 9.84 Å². The van der Waals surface area contributed by atoms with Gasteiger partial charge >= 0.3 is 0 Å². The van der Waals surface area contributed by atoms with Crippen LogP contribution >= 0.6 is 0 Å². The predicted octanol–water partition coefficient (Wildman–Crippen LogP) is 3.09. The molecular weight excluding hydrogens is 416 g/mol. The number of aromatic amines is 1. The molecule has 0 unspecified atom stereocenters. The lowest BCUT2D eigenvalue weighted by Crippen LogP contribution is -2.14. The summed E-state index contributed by atoms with van der Waals surface area (Å²) in [4.78, 5) is 10.6. The minimum absolute atomic E-state index is 0.0977. The lowest BCUT2D eigenvalue weighted by atomic mass is 10.1. The monoisotopic (exact) mass is 438 g/mol. The number of hydrogen-bond donors (Lipinski definition) is 2. The zero-order chi connectivity index (χ0) is 22.3. The maximum atomic E-state index is 12.1. The number of benzene rings is 2. The van der Waals surface area contributed by atoms with Gasteiger partial charge in [-0.15, -0.1) is 0 Å². The van der Waals surface area contributed by atoms with Crippen LogP contribution in [0.2, 0.25) is 0 Å². The van der Waals surface area contributed by atoms with Crippen LogP contribution in [0.1, 0.15) is 5.69 Å². The Hall–Kier alpha value is -3.66. The highest BCUT2D eigenvalue weighted by atomic mass is 32.2. The molecule has 0 radical (unpaired) electrons. The number of anilines is 3. The van der Waals surface area contributed by atoms with Crippen LogP contribution in [-0.4, -0.2) is 49.0 Å². The number of ether oxygens (including phenoxy) is 1. The van der Waals surface area contributed by atoms with Crippen molar-refractivity contribution < 1.29 is 13.2 Å². The Kier molecular flexibility index (Phi) is 5.02. The summed E-state index contributed by atoms with van der Waals surface area (Å²) in [5.74, 6) is 1.09. The number of rotatable bonds is 5. The second kappa shape index (κ2) is 7.55.